The second-order valence-electron chi connectivity index (χ2n) is 5.16. The molecule has 1 aromatic heterocycles. The highest BCUT2D eigenvalue weighted by Crippen LogP contribution is 2.27. The van der Waals surface area contributed by atoms with Crippen molar-refractivity contribution < 1.29 is 19.1 Å². The summed E-state index contributed by atoms with van der Waals surface area (Å²) < 4.78 is 11.8. The number of hydrogen-bond acceptors (Lipinski definition) is 5. The minimum Gasteiger partial charge on any atom is -0.493 e. The molecule has 0 aliphatic carbocycles. The van der Waals surface area contributed by atoms with Crippen molar-refractivity contribution in [3.63, 3.8) is 0 Å². The molecule has 0 unspecified atom stereocenters. The molecule has 8 nitrogen and oxygen atoms in total. The SMILES string of the molecule is COc1ccc(C(=O)NNC(=O)Cn2nc(C)cc2C)cc1OC. The van der Waals surface area contributed by atoms with E-state index in [4.69, 9.17) is 9.47 Å². The van der Waals surface area contributed by atoms with Gasteiger partial charge >= 0.3 is 0 Å². The minimum absolute atomic E-state index is 0.0197. The first-order chi connectivity index (χ1) is 11.4. The summed E-state index contributed by atoms with van der Waals surface area (Å²) in [4.78, 5) is 24.0. The Balaban J connectivity index is 1.95. The third kappa shape index (κ3) is 4.03. The molecular formula is C16H20N4O4. The highest BCUT2D eigenvalue weighted by molar-refractivity contribution is 5.96. The lowest BCUT2D eigenvalue weighted by atomic mass is 10.2. The third-order valence-corrected chi connectivity index (χ3v) is 3.36. The second kappa shape index (κ2) is 7.49. The van der Waals surface area contributed by atoms with Gasteiger partial charge in [0.2, 0.25) is 0 Å². The van der Waals surface area contributed by atoms with E-state index in [-0.39, 0.29) is 12.5 Å². The molecule has 128 valence electrons. The van der Waals surface area contributed by atoms with Crippen LogP contribution in [0.3, 0.4) is 0 Å². The van der Waals surface area contributed by atoms with Crippen LogP contribution in [0.1, 0.15) is 21.7 Å². The number of hydrogen-bond donors (Lipinski definition) is 2. The van der Waals surface area contributed by atoms with E-state index >= 15 is 0 Å². The summed E-state index contributed by atoms with van der Waals surface area (Å²) in [5.41, 5.74) is 6.75. The quantitative estimate of drug-likeness (QED) is 0.796. The fraction of sp³-hybridized carbons (Fsp3) is 0.312. The van der Waals surface area contributed by atoms with E-state index in [1.54, 1.807) is 16.8 Å². The van der Waals surface area contributed by atoms with Crippen molar-refractivity contribution >= 4 is 11.8 Å². The number of carbonyl (C=O) groups excluding carboxylic acids is 2. The van der Waals surface area contributed by atoms with E-state index < -0.39 is 5.91 Å². The Morgan fingerprint density at radius 2 is 1.79 bits per heavy atom. The van der Waals surface area contributed by atoms with Gasteiger partial charge in [-0.3, -0.25) is 25.1 Å². The van der Waals surface area contributed by atoms with Crippen molar-refractivity contribution in [1.82, 2.24) is 20.6 Å². The van der Waals surface area contributed by atoms with Crippen molar-refractivity contribution in [2.75, 3.05) is 14.2 Å². The number of nitrogens with one attached hydrogen (secondary N) is 2. The number of nitrogens with zero attached hydrogens (tertiary/aromatic N) is 2. The molecule has 0 fully saturated rings. The number of aromatic nitrogens is 2. The van der Waals surface area contributed by atoms with Crippen LogP contribution in [0.2, 0.25) is 0 Å². The van der Waals surface area contributed by atoms with Crippen molar-refractivity contribution in [2.45, 2.75) is 20.4 Å². The van der Waals surface area contributed by atoms with Gasteiger partial charge in [-0.15, -0.1) is 0 Å². The Morgan fingerprint density at radius 1 is 1.08 bits per heavy atom. The Labute approximate surface area is 139 Å². The molecule has 2 N–H and O–H groups in total. The predicted octanol–water partition coefficient (Wildman–Crippen LogP) is 0.978. The maximum Gasteiger partial charge on any atom is 0.269 e. The van der Waals surface area contributed by atoms with Crippen LogP contribution in [0.25, 0.3) is 0 Å². The van der Waals surface area contributed by atoms with Gasteiger partial charge in [0.25, 0.3) is 11.8 Å². The smallest absolute Gasteiger partial charge is 0.269 e. The lowest BCUT2D eigenvalue weighted by Gasteiger charge is -2.11. The van der Waals surface area contributed by atoms with E-state index in [1.807, 2.05) is 19.9 Å². The molecule has 24 heavy (non-hydrogen) atoms. The van der Waals surface area contributed by atoms with Gasteiger partial charge in [0.05, 0.1) is 19.9 Å². The Kier molecular flexibility index (Phi) is 5.41. The van der Waals surface area contributed by atoms with E-state index in [9.17, 15) is 9.59 Å². The molecule has 0 saturated carbocycles. The molecule has 0 aliphatic rings. The molecule has 0 atom stereocenters. The third-order valence-electron chi connectivity index (χ3n) is 3.36. The zero-order valence-corrected chi connectivity index (χ0v) is 14.0. The fourth-order valence-electron chi connectivity index (χ4n) is 2.19. The van der Waals surface area contributed by atoms with Crippen LogP contribution in [0.4, 0.5) is 0 Å². The Morgan fingerprint density at radius 3 is 2.38 bits per heavy atom. The molecule has 0 saturated heterocycles. The van der Waals surface area contributed by atoms with Crippen molar-refractivity contribution in [3.05, 3.63) is 41.2 Å². The van der Waals surface area contributed by atoms with E-state index in [1.165, 1.54) is 20.3 Å². The van der Waals surface area contributed by atoms with Gasteiger partial charge in [-0.05, 0) is 38.1 Å². The second-order valence-corrected chi connectivity index (χ2v) is 5.16. The van der Waals surface area contributed by atoms with E-state index in [0.29, 0.717) is 17.1 Å². The van der Waals surface area contributed by atoms with Gasteiger partial charge in [-0.25, -0.2) is 0 Å². The van der Waals surface area contributed by atoms with Crippen molar-refractivity contribution in [2.24, 2.45) is 0 Å². The highest BCUT2D eigenvalue weighted by atomic mass is 16.5. The summed E-state index contributed by atoms with van der Waals surface area (Å²) in [6, 6.07) is 6.59. The van der Waals surface area contributed by atoms with Crippen molar-refractivity contribution in [1.29, 1.82) is 0 Å². The summed E-state index contributed by atoms with van der Waals surface area (Å²) in [5.74, 6) is 0.106. The predicted molar refractivity (Wildman–Crippen MR) is 86.9 cm³/mol. The van der Waals surface area contributed by atoms with Gasteiger partial charge in [-0.1, -0.05) is 0 Å². The van der Waals surface area contributed by atoms with Crippen LogP contribution in [0.5, 0.6) is 11.5 Å². The number of hydrazine groups is 1. The molecule has 2 rings (SSSR count). The first-order valence-corrected chi connectivity index (χ1v) is 7.27. The van der Waals surface area contributed by atoms with E-state index in [2.05, 4.69) is 16.0 Å². The molecule has 8 heteroatoms. The first kappa shape index (κ1) is 17.3. The lowest BCUT2D eigenvalue weighted by Crippen LogP contribution is -2.43. The molecule has 2 amide bonds. The van der Waals surface area contributed by atoms with Gasteiger partial charge in [0.1, 0.15) is 6.54 Å². The average molecular weight is 332 g/mol. The summed E-state index contributed by atoms with van der Waals surface area (Å²) >= 11 is 0. The molecule has 1 aromatic carbocycles. The topological polar surface area (TPSA) is 94.5 Å². The normalized spacial score (nSPS) is 10.2. The van der Waals surface area contributed by atoms with E-state index in [0.717, 1.165) is 11.4 Å². The number of ether oxygens (including phenoxy) is 2. The van der Waals surface area contributed by atoms with Gasteiger partial charge in [0.15, 0.2) is 11.5 Å². The minimum atomic E-state index is -0.460. The summed E-state index contributed by atoms with van der Waals surface area (Å²) in [6.07, 6.45) is 0. The van der Waals surface area contributed by atoms with Crippen LogP contribution in [-0.2, 0) is 11.3 Å². The Hall–Kier alpha value is -3.03. The molecule has 0 bridgehead atoms. The number of methoxy groups -OCH3 is 2. The zero-order valence-electron chi connectivity index (χ0n) is 14.0. The molecule has 0 aliphatic heterocycles. The average Bonchev–Trinajstić information content (AvgIpc) is 2.89. The van der Waals surface area contributed by atoms with Crippen LogP contribution >= 0.6 is 0 Å². The van der Waals surface area contributed by atoms with Crippen molar-refractivity contribution in [3.8, 4) is 11.5 Å². The molecule has 1 heterocycles. The monoisotopic (exact) mass is 332 g/mol. The lowest BCUT2D eigenvalue weighted by molar-refractivity contribution is -0.122. The zero-order chi connectivity index (χ0) is 17.7. The largest absolute Gasteiger partial charge is 0.493 e. The maximum absolute atomic E-state index is 12.1. The number of rotatable bonds is 5. The molecule has 0 radical (unpaired) electrons. The number of benzene rings is 1. The summed E-state index contributed by atoms with van der Waals surface area (Å²) in [7, 11) is 2.99. The summed E-state index contributed by atoms with van der Waals surface area (Å²) in [6.45, 7) is 3.72. The molecule has 0 spiro atoms. The van der Waals surface area contributed by atoms with Gasteiger partial charge < -0.3 is 9.47 Å². The van der Waals surface area contributed by atoms with Crippen LogP contribution < -0.4 is 20.3 Å². The van der Waals surface area contributed by atoms with Crippen LogP contribution in [0, 0.1) is 13.8 Å². The first-order valence-electron chi connectivity index (χ1n) is 7.27. The van der Waals surface area contributed by atoms with Gasteiger partial charge in [-0.2, -0.15) is 5.10 Å². The number of amides is 2. The maximum atomic E-state index is 12.1. The number of aryl methyl sites for hydroxylation is 2. The number of carbonyl (C=O) groups is 2. The molecule has 2 aromatic rings. The highest BCUT2D eigenvalue weighted by Gasteiger charge is 2.12. The summed E-state index contributed by atoms with van der Waals surface area (Å²) in [5, 5.41) is 4.19. The van der Waals surface area contributed by atoms with Crippen LogP contribution in [0.15, 0.2) is 24.3 Å². The molecular weight excluding hydrogens is 312 g/mol. The van der Waals surface area contributed by atoms with Crippen LogP contribution in [-0.4, -0.2) is 35.8 Å². The standard InChI is InChI=1S/C16H20N4O4/c1-10-7-11(2)20(19-10)9-15(21)17-18-16(22)12-5-6-13(23-3)14(8-12)24-4/h5-8H,9H2,1-4H3,(H,17,21)(H,18,22). The van der Waals surface area contributed by atoms with Gasteiger partial charge in [0, 0.05) is 11.3 Å². The Bertz CT molecular complexity index is 755. The fourth-order valence-corrected chi connectivity index (χ4v) is 2.19.